The fourth-order valence-corrected chi connectivity index (χ4v) is 6.23. The fourth-order valence-electron chi connectivity index (χ4n) is 3.81. The van der Waals surface area contributed by atoms with Gasteiger partial charge < -0.3 is 4.74 Å². The summed E-state index contributed by atoms with van der Waals surface area (Å²) in [6, 6.07) is 8.15. The molecule has 0 N–H and O–H groups in total. The van der Waals surface area contributed by atoms with E-state index in [0.717, 1.165) is 55.7 Å². The van der Waals surface area contributed by atoms with Crippen molar-refractivity contribution >= 4 is 33.3 Å². The zero-order valence-electron chi connectivity index (χ0n) is 18.4. The maximum absolute atomic E-state index is 13.8. The Morgan fingerprint density at radius 2 is 2.10 bits per heavy atom. The first-order valence-corrected chi connectivity index (χ1v) is 12.5. The second-order valence-electron chi connectivity index (χ2n) is 8.89. The van der Waals surface area contributed by atoms with Gasteiger partial charge in [0, 0.05) is 17.1 Å². The lowest BCUT2D eigenvalue weighted by atomic mass is 9.96. The summed E-state index contributed by atoms with van der Waals surface area (Å²) in [6.45, 7) is 11.4. The highest BCUT2D eigenvalue weighted by atomic mass is 32.2. The molecule has 1 aliphatic rings. The number of ether oxygens (including phenoxy) is 1. The van der Waals surface area contributed by atoms with Crippen LogP contribution in [-0.4, -0.2) is 21.4 Å². The van der Waals surface area contributed by atoms with Crippen molar-refractivity contribution in [3.63, 3.8) is 0 Å². The standard InChI is InChI=1S/C24H30N2O2S2/c1-14(2)9-10-29-24-25-22-21(18-12-19(15(3)4)28-13-20(18)30-22)23(27)26(24)17-8-6-7-16(5)11-17/h6-8,11,14-15,19H,9-10,12-13H2,1-5H3/t19-/m1/s1. The number of fused-ring (bicyclic) bond motifs is 3. The van der Waals surface area contributed by atoms with Crippen molar-refractivity contribution in [2.75, 3.05) is 5.75 Å². The van der Waals surface area contributed by atoms with Gasteiger partial charge in [0.2, 0.25) is 0 Å². The molecule has 6 heteroatoms. The van der Waals surface area contributed by atoms with Crippen LogP contribution in [0.4, 0.5) is 0 Å². The molecule has 0 unspecified atom stereocenters. The van der Waals surface area contributed by atoms with Gasteiger partial charge in [0.1, 0.15) is 4.83 Å². The molecule has 0 spiro atoms. The summed E-state index contributed by atoms with van der Waals surface area (Å²) in [4.78, 5) is 20.9. The number of hydrogen-bond donors (Lipinski definition) is 0. The Morgan fingerprint density at radius 1 is 1.30 bits per heavy atom. The van der Waals surface area contributed by atoms with Crippen LogP contribution in [0.5, 0.6) is 0 Å². The highest BCUT2D eigenvalue weighted by Gasteiger charge is 2.28. The van der Waals surface area contributed by atoms with Gasteiger partial charge in [-0.25, -0.2) is 4.98 Å². The third-order valence-electron chi connectivity index (χ3n) is 5.64. The zero-order chi connectivity index (χ0) is 21.4. The van der Waals surface area contributed by atoms with Crippen LogP contribution in [0.1, 0.15) is 50.1 Å². The van der Waals surface area contributed by atoms with Crippen LogP contribution in [-0.2, 0) is 17.8 Å². The molecule has 0 fully saturated rings. The summed E-state index contributed by atoms with van der Waals surface area (Å²) in [5.74, 6) is 2.00. The molecule has 4 nitrogen and oxygen atoms in total. The van der Waals surface area contributed by atoms with E-state index in [1.807, 2.05) is 16.7 Å². The predicted molar refractivity (Wildman–Crippen MR) is 127 cm³/mol. The van der Waals surface area contributed by atoms with Gasteiger partial charge in [-0.2, -0.15) is 0 Å². The molecule has 1 atom stereocenters. The molecule has 4 rings (SSSR count). The normalized spacial score (nSPS) is 16.6. The number of rotatable bonds is 6. The Kier molecular flexibility index (Phi) is 6.37. The smallest absolute Gasteiger partial charge is 0.267 e. The maximum Gasteiger partial charge on any atom is 0.267 e. The average Bonchev–Trinajstić information content (AvgIpc) is 3.05. The van der Waals surface area contributed by atoms with Crippen LogP contribution >= 0.6 is 23.1 Å². The van der Waals surface area contributed by atoms with E-state index in [-0.39, 0.29) is 11.7 Å². The minimum Gasteiger partial charge on any atom is -0.372 e. The number of thiophene rings is 1. The van der Waals surface area contributed by atoms with E-state index < -0.39 is 0 Å². The molecule has 0 bridgehead atoms. The Morgan fingerprint density at radius 3 is 2.80 bits per heavy atom. The van der Waals surface area contributed by atoms with Gasteiger partial charge in [0.15, 0.2) is 5.16 Å². The van der Waals surface area contributed by atoms with Crippen LogP contribution in [0.2, 0.25) is 0 Å². The van der Waals surface area contributed by atoms with Crippen molar-refractivity contribution in [2.24, 2.45) is 11.8 Å². The molecule has 0 saturated carbocycles. The number of aromatic nitrogens is 2. The summed E-state index contributed by atoms with van der Waals surface area (Å²) in [7, 11) is 0. The molecule has 1 aliphatic heterocycles. The van der Waals surface area contributed by atoms with E-state index in [1.54, 1.807) is 23.1 Å². The van der Waals surface area contributed by atoms with Gasteiger partial charge >= 0.3 is 0 Å². The van der Waals surface area contributed by atoms with E-state index in [1.165, 1.54) is 0 Å². The highest BCUT2D eigenvalue weighted by molar-refractivity contribution is 7.99. The van der Waals surface area contributed by atoms with Crippen molar-refractivity contribution in [3.05, 3.63) is 50.6 Å². The summed E-state index contributed by atoms with van der Waals surface area (Å²) >= 11 is 3.31. The number of aryl methyl sites for hydroxylation is 1. The van der Waals surface area contributed by atoms with Crippen molar-refractivity contribution in [1.82, 2.24) is 9.55 Å². The Hall–Kier alpha value is -1.63. The van der Waals surface area contributed by atoms with Crippen LogP contribution in [0.25, 0.3) is 15.9 Å². The first kappa shape index (κ1) is 21.6. The molecule has 0 amide bonds. The van der Waals surface area contributed by atoms with E-state index >= 15 is 0 Å². The molecule has 0 radical (unpaired) electrons. The fraction of sp³-hybridized carbons (Fsp3) is 0.500. The van der Waals surface area contributed by atoms with Gasteiger partial charge in [-0.15, -0.1) is 11.3 Å². The Balaban J connectivity index is 1.88. The van der Waals surface area contributed by atoms with Crippen molar-refractivity contribution in [2.45, 2.75) is 65.3 Å². The average molecular weight is 443 g/mol. The molecule has 3 heterocycles. The second kappa shape index (κ2) is 8.85. The highest BCUT2D eigenvalue weighted by Crippen LogP contribution is 2.36. The largest absolute Gasteiger partial charge is 0.372 e. The lowest BCUT2D eigenvalue weighted by Gasteiger charge is -2.26. The SMILES string of the molecule is Cc1cccc(-n2c(SCCC(C)C)nc3sc4c(c3c2=O)C[C@H](C(C)C)OC4)c1. The molecule has 30 heavy (non-hydrogen) atoms. The Labute approximate surface area is 186 Å². The van der Waals surface area contributed by atoms with Gasteiger partial charge in [0.05, 0.1) is 23.8 Å². The topological polar surface area (TPSA) is 44.1 Å². The van der Waals surface area contributed by atoms with Gasteiger partial charge in [-0.1, -0.05) is 51.6 Å². The van der Waals surface area contributed by atoms with E-state index in [4.69, 9.17) is 9.72 Å². The van der Waals surface area contributed by atoms with Crippen LogP contribution in [0.15, 0.2) is 34.2 Å². The van der Waals surface area contributed by atoms with Crippen molar-refractivity contribution in [3.8, 4) is 5.69 Å². The van der Waals surface area contributed by atoms with Crippen molar-refractivity contribution in [1.29, 1.82) is 0 Å². The Bertz CT molecular complexity index is 1110. The van der Waals surface area contributed by atoms with Gasteiger partial charge in [-0.3, -0.25) is 9.36 Å². The predicted octanol–water partition coefficient (Wildman–Crippen LogP) is 5.99. The second-order valence-corrected chi connectivity index (χ2v) is 11.0. The van der Waals surface area contributed by atoms with Crippen molar-refractivity contribution < 1.29 is 4.74 Å². The summed E-state index contributed by atoms with van der Waals surface area (Å²) in [6.07, 6.45) is 2.04. The minimum absolute atomic E-state index is 0.0551. The van der Waals surface area contributed by atoms with Crippen LogP contribution in [0, 0.1) is 18.8 Å². The summed E-state index contributed by atoms with van der Waals surface area (Å²) in [5.41, 5.74) is 3.24. The van der Waals surface area contributed by atoms with E-state index in [2.05, 4.69) is 46.8 Å². The first-order chi connectivity index (χ1) is 14.3. The quantitative estimate of drug-likeness (QED) is 0.347. The zero-order valence-corrected chi connectivity index (χ0v) is 20.0. The number of benzene rings is 1. The lowest BCUT2D eigenvalue weighted by molar-refractivity contribution is 0.00200. The molecule has 1 aromatic carbocycles. The molecular formula is C24H30N2O2S2. The minimum atomic E-state index is 0.0551. The monoisotopic (exact) mass is 442 g/mol. The van der Waals surface area contributed by atoms with Crippen LogP contribution in [0.3, 0.4) is 0 Å². The number of nitrogens with zero attached hydrogens (tertiary/aromatic N) is 2. The molecular weight excluding hydrogens is 412 g/mol. The maximum atomic E-state index is 13.8. The third kappa shape index (κ3) is 4.23. The number of thioether (sulfide) groups is 1. The lowest BCUT2D eigenvalue weighted by Crippen LogP contribution is -2.28. The molecule has 160 valence electrons. The summed E-state index contributed by atoms with van der Waals surface area (Å²) in [5, 5.41) is 1.58. The third-order valence-corrected chi connectivity index (χ3v) is 7.71. The van der Waals surface area contributed by atoms with E-state index in [0.29, 0.717) is 18.4 Å². The molecule has 0 saturated heterocycles. The van der Waals surface area contributed by atoms with Gasteiger partial charge in [0.25, 0.3) is 5.56 Å². The van der Waals surface area contributed by atoms with Crippen LogP contribution < -0.4 is 5.56 Å². The summed E-state index contributed by atoms with van der Waals surface area (Å²) < 4.78 is 7.88. The first-order valence-electron chi connectivity index (χ1n) is 10.7. The van der Waals surface area contributed by atoms with E-state index in [9.17, 15) is 4.79 Å². The molecule has 3 aromatic rings. The number of hydrogen-bond acceptors (Lipinski definition) is 5. The molecule has 0 aliphatic carbocycles. The molecule has 2 aromatic heterocycles. The van der Waals surface area contributed by atoms with Gasteiger partial charge in [-0.05, 0) is 48.4 Å².